The molecular formula is C22H32N4O2. The number of amides is 2. The molecule has 6 heteroatoms. The van der Waals surface area contributed by atoms with E-state index in [0.717, 1.165) is 48.9 Å². The van der Waals surface area contributed by atoms with Crippen LogP contribution in [-0.4, -0.2) is 53.4 Å². The number of carbonyl (C=O) groups excluding carboxylic acids is 2. The monoisotopic (exact) mass is 384 g/mol. The van der Waals surface area contributed by atoms with Crippen molar-refractivity contribution in [3.63, 3.8) is 0 Å². The van der Waals surface area contributed by atoms with Crippen molar-refractivity contribution in [2.75, 3.05) is 19.6 Å². The van der Waals surface area contributed by atoms with Crippen LogP contribution in [0.25, 0.3) is 10.9 Å². The number of hydrogen-bond acceptors (Lipinski definition) is 3. The van der Waals surface area contributed by atoms with Gasteiger partial charge in [-0.2, -0.15) is 0 Å². The maximum Gasteiger partial charge on any atom is 0.243 e. The van der Waals surface area contributed by atoms with Crippen LogP contribution in [0.1, 0.15) is 39.2 Å². The minimum absolute atomic E-state index is 0.0946. The van der Waals surface area contributed by atoms with Gasteiger partial charge in [0.1, 0.15) is 6.04 Å². The van der Waals surface area contributed by atoms with Crippen LogP contribution in [0.4, 0.5) is 0 Å². The topological polar surface area (TPSA) is 77.2 Å². The Labute approximate surface area is 167 Å². The van der Waals surface area contributed by atoms with E-state index < -0.39 is 6.04 Å². The first-order valence-electron chi connectivity index (χ1n) is 10.3. The molecule has 1 aliphatic heterocycles. The van der Waals surface area contributed by atoms with Gasteiger partial charge in [-0.3, -0.25) is 9.59 Å². The summed E-state index contributed by atoms with van der Waals surface area (Å²) in [7, 11) is 0. The summed E-state index contributed by atoms with van der Waals surface area (Å²) in [5.41, 5.74) is 2.08. The Morgan fingerprint density at radius 1 is 1.21 bits per heavy atom. The highest BCUT2D eigenvalue weighted by Crippen LogP contribution is 2.19. The molecule has 0 aliphatic carbocycles. The summed E-state index contributed by atoms with van der Waals surface area (Å²) in [6.07, 6.45) is 4.31. The molecule has 2 heterocycles. The molecule has 0 bridgehead atoms. The Kier molecular flexibility index (Phi) is 6.73. The van der Waals surface area contributed by atoms with Crippen molar-refractivity contribution in [3.05, 3.63) is 36.0 Å². The van der Waals surface area contributed by atoms with E-state index in [9.17, 15) is 9.59 Å². The minimum Gasteiger partial charge on any atom is -0.361 e. The normalized spacial score (nSPS) is 17.0. The lowest BCUT2D eigenvalue weighted by Gasteiger charge is -2.34. The lowest BCUT2D eigenvalue weighted by Crippen LogP contribution is -2.52. The summed E-state index contributed by atoms with van der Waals surface area (Å²) in [4.78, 5) is 30.3. The maximum atomic E-state index is 12.9. The number of aromatic nitrogens is 1. The van der Waals surface area contributed by atoms with Crippen LogP contribution in [-0.2, 0) is 16.0 Å². The van der Waals surface area contributed by atoms with E-state index in [0.29, 0.717) is 12.3 Å². The Morgan fingerprint density at radius 3 is 2.61 bits per heavy atom. The summed E-state index contributed by atoms with van der Waals surface area (Å²) in [5, 5.41) is 7.09. The lowest BCUT2D eigenvalue weighted by molar-refractivity contribution is -0.128. The van der Waals surface area contributed by atoms with Crippen molar-refractivity contribution in [1.29, 1.82) is 0 Å². The molecule has 2 amide bonds. The van der Waals surface area contributed by atoms with Crippen molar-refractivity contribution in [1.82, 2.24) is 20.5 Å². The molecule has 1 atom stereocenters. The van der Waals surface area contributed by atoms with Crippen molar-refractivity contribution in [2.24, 2.45) is 5.92 Å². The van der Waals surface area contributed by atoms with Crippen LogP contribution < -0.4 is 10.6 Å². The zero-order valence-electron chi connectivity index (χ0n) is 17.1. The first-order chi connectivity index (χ1) is 13.4. The molecule has 28 heavy (non-hydrogen) atoms. The summed E-state index contributed by atoms with van der Waals surface area (Å²) >= 11 is 0. The maximum absolute atomic E-state index is 12.9. The fraction of sp³-hybridized carbons (Fsp3) is 0.545. The Balaban J connectivity index is 1.62. The Hall–Kier alpha value is -2.34. The Bertz CT molecular complexity index is 806. The van der Waals surface area contributed by atoms with Crippen LogP contribution >= 0.6 is 0 Å². The zero-order valence-corrected chi connectivity index (χ0v) is 17.1. The first-order valence-corrected chi connectivity index (χ1v) is 10.3. The number of nitrogens with one attached hydrogen (secondary N) is 3. The molecule has 0 radical (unpaired) electrons. The molecule has 3 N–H and O–H groups in total. The molecular weight excluding hydrogens is 352 g/mol. The van der Waals surface area contributed by atoms with Crippen molar-refractivity contribution in [3.8, 4) is 0 Å². The second-order valence-corrected chi connectivity index (χ2v) is 8.29. The third kappa shape index (κ3) is 5.35. The third-order valence-electron chi connectivity index (χ3n) is 5.35. The summed E-state index contributed by atoms with van der Waals surface area (Å²) in [5.74, 6) is 0.376. The number of likely N-dealkylation sites (tertiary alicyclic amines) is 1. The van der Waals surface area contributed by atoms with E-state index in [1.165, 1.54) is 6.92 Å². The van der Waals surface area contributed by atoms with E-state index in [1.807, 2.05) is 30.5 Å². The number of fused-ring (bicyclic) bond motifs is 1. The molecule has 3 rings (SSSR count). The van der Waals surface area contributed by atoms with Gasteiger partial charge in [0.05, 0.1) is 0 Å². The highest BCUT2D eigenvalue weighted by molar-refractivity contribution is 5.89. The number of hydrogen-bond donors (Lipinski definition) is 3. The number of nitrogens with zero attached hydrogens (tertiary/aromatic N) is 1. The van der Waals surface area contributed by atoms with E-state index >= 15 is 0 Å². The molecule has 152 valence electrons. The predicted molar refractivity (Wildman–Crippen MR) is 112 cm³/mol. The molecule has 1 aromatic heterocycles. The number of rotatable bonds is 7. The summed E-state index contributed by atoms with van der Waals surface area (Å²) in [6, 6.07) is 7.62. The molecule has 1 unspecified atom stereocenters. The summed E-state index contributed by atoms with van der Waals surface area (Å²) in [6.45, 7) is 9.05. The van der Waals surface area contributed by atoms with E-state index in [4.69, 9.17) is 0 Å². The van der Waals surface area contributed by atoms with Gasteiger partial charge in [-0.15, -0.1) is 0 Å². The number of piperidine rings is 1. The standard InChI is InChI=1S/C22H32N4O2/c1-15(2)14-26-10-8-18(9-11-26)25-22(28)21(24-16(3)27)12-17-13-23-20-7-5-4-6-19(17)20/h4-7,13,15,18,21,23H,8-12,14H2,1-3H3,(H,24,27)(H,25,28). The van der Waals surface area contributed by atoms with Crippen molar-refractivity contribution >= 4 is 22.7 Å². The average molecular weight is 385 g/mol. The van der Waals surface area contributed by atoms with E-state index in [2.05, 4.69) is 34.4 Å². The SMILES string of the molecule is CC(=O)NC(Cc1c[nH]c2ccccc12)C(=O)NC1CCN(CC(C)C)CC1. The number of para-hydroxylation sites is 1. The smallest absolute Gasteiger partial charge is 0.243 e. The van der Waals surface area contributed by atoms with Gasteiger partial charge < -0.3 is 20.5 Å². The highest BCUT2D eigenvalue weighted by Gasteiger charge is 2.26. The predicted octanol–water partition coefficient (Wildman–Crippen LogP) is 2.45. The average Bonchev–Trinajstić information content (AvgIpc) is 3.05. The fourth-order valence-electron chi connectivity index (χ4n) is 4.05. The van der Waals surface area contributed by atoms with Gasteiger partial charge in [-0.25, -0.2) is 0 Å². The quantitative estimate of drug-likeness (QED) is 0.686. The third-order valence-corrected chi connectivity index (χ3v) is 5.35. The van der Waals surface area contributed by atoms with Gasteiger partial charge in [0.25, 0.3) is 0 Å². The molecule has 0 spiro atoms. The van der Waals surface area contributed by atoms with Gasteiger partial charge in [0.2, 0.25) is 11.8 Å². The molecule has 6 nitrogen and oxygen atoms in total. The zero-order chi connectivity index (χ0) is 20.1. The molecule has 0 saturated carbocycles. The number of carbonyl (C=O) groups is 2. The van der Waals surface area contributed by atoms with Crippen LogP contribution in [0.5, 0.6) is 0 Å². The number of benzene rings is 1. The van der Waals surface area contributed by atoms with Crippen LogP contribution in [0, 0.1) is 5.92 Å². The highest BCUT2D eigenvalue weighted by atomic mass is 16.2. The second-order valence-electron chi connectivity index (χ2n) is 8.29. The molecule has 1 aliphatic rings. The lowest BCUT2D eigenvalue weighted by atomic mass is 10.0. The van der Waals surface area contributed by atoms with Crippen molar-refractivity contribution < 1.29 is 9.59 Å². The van der Waals surface area contributed by atoms with Crippen LogP contribution in [0.15, 0.2) is 30.5 Å². The molecule has 1 aromatic carbocycles. The molecule has 1 saturated heterocycles. The van der Waals surface area contributed by atoms with Crippen LogP contribution in [0.2, 0.25) is 0 Å². The van der Waals surface area contributed by atoms with Gasteiger partial charge >= 0.3 is 0 Å². The number of H-pyrrole nitrogens is 1. The fourth-order valence-corrected chi connectivity index (χ4v) is 4.05. The van der Waals surface area contributed by atoms with Crippen LogP contribution in [0.3, 0.4) is 0 Å². The van der Waals surface area contributed by atoms with Gasteiger partial charge in [0, 0.05) is 56.1 Å². The van der Waals surface area contributed by atoms with Crippen molar-refractivity contribution in [2.45, 2.75) is 52.1 Å². The van der Waals surface area contributed by atoms with Gasteiger partial charge in [-0.1, -0.05) is 32.0 Å². The van der Waals surface area contributed by atoms with Gasteiger partial charge in [0.15, 0.2) is 0 Å². The second kappa shape index (κ2) is 9.24. The summed E-state index contributed by atoms with van der Waals surface area (Å²) < 4.78 is 0. The minimum atomic E-state index is -0.564. The molecule has 1 fully saturated rings. The number of aromatic amines is 1. The van der Waals surface area contributed by atoms with E-state index in [-0.39, 0.29) is 17.9 Å². The van der Waals surface area contributed by atoms with Gasteiger partial charge in [-0.05, 0) is 30.4 Å². The van der Waals surface area contributed by atoms with E-state index in [1.54, 1.807) is 0 Å². The largest absolute Gasteiger partial charge is 0.361 e. The first kappa shape index (κ1) is 20.4. The Morgan fingerprint density at radius 2 is 1.93 bits per heavy atom. The molecule has 2 aromatic rings.